The zero-order valence-corrected chi connectivity index (χ0v) is 16.5. The van der Waals surface area contributed by atoms with Crippen molar-refractivity contribution < 1.29 is 31.5 Å². The minimum absolute atomic E-state index is 0.00478. The molecule has 0 aliphatic rings. The van der Waals surface area contributed by atoms with Gasteiger partial charge in [0.1, 0.15) is 11.6 Å². The van der Waals surface area contributed by atoms with Crippen LogP contribution in [0.3, 0.4) is 0 Å². The lowest BCUT2D eigenvalue weighted by molar-refractivity contribution is -0.173. The maximum Gasteiger partial charge on any atom is 0.471 e. The minimum atomic E-state index is -5.09. The van der Waals surface area contributed by atoms with E-state index in [-0.39, 0.29) is 17.7 Å². The van der Waals surface area contributed by atoms with Crippen LogP contribution in [0.5, 0.6) is 5.75 Å². The van der Waals surface area contributed by atoms with E-state index >= 15 is 0 Å². The van der Waals surface area contributed by atoms with E-state index in [9.17, 15) is 26.7 Å². The molecule has 158 valence electrons. The van der Waals surface area contributed by atoms with Crippen molar-refractivity contribution in [1.82, 2.24) is 10.3 Å². The molecular formula is C19H12ClF5N2O2S. The lowest BCUT2D eigenvalue weighted by Crippen LogP contribution is -2.38. The topological polar surface area (TPSA) is 51.2 Å². The predicted molar refractivity (Wildman–Crippen MR) is 104 cm³/mol. The second-order valence-corrected chi connectivity index (χ2v) is 7.48. The maximum absolute atomic E-state index is 14.4. The standard InChI is InChI=1S/C19H12ClF5N2O2S/c20-12-2-3-14-16(6-12)30-17(27-14)11-1-4-15(13(22)5-11)29-9-10(7-21)8-26-18(28)19(23,24)25/h1-7H,8-9H2,(H,26,28). The molecule has 1 N–H and O–H groups in total. The maximum atomic E-state index is 14.4. The molecule has 11 heteroatoms. The fourth-order valence-corrected chi connectivity index (χ4v) is 3.60. The van der Waals surface area contributed by atoms with Crippen LogP contribution in [-0.2, 0) is 4.79 Å². The molecule has 0 radical (unpaired) electrons. The number of alkyl halides is 3. The van der Waals surface area contributed by atoms with Crippen molar-refractivity contribution in [2.75, 3.05) is 13.2 Å². The molecule has 0 atom stereocenters. The van der Waals surface area contributed by atoms with Crippen LogP contribution < -0.4 is 10.1 Å². The van der Waals surface area contributed by atoms with Crippen LogP contribution in [0.2, 0.25) is 5.02 Å². The normalized spacial score (nSPS) is 12.3. The largest absolute Gasteiger partial charge is 0.486 e. The summed E-state index contributed by atoms with van der Waals surface area (Å²) in [5, 5.41) is 2.61. The van der Waals surface area contributed by atoms with Crippen molar-refractivity contribution in [2.45, 2.75) is 6.18 Å². The van der Waals surface area contributed by atoms with E-state index in [1.165, 1.54) is 28.8 Å². The summed E-state index contributed by atoms with van der Waals surface area (Å²) in [5.41, 5.74) is 0.883. The number of hydrogen-bond acceptors (Lipinski definition) is 4. The quantitative estimate of drug-likeness (QED) is 0.480. The Morgan fingerprint density at radius 2 is 2.00 bits per heavy atom. The summed E-state index contributed by atoms with van der Waals surface area (Å²) in [6.45, 7) is -1.28. The van der Waals surface area contributed by atoms with Crippen LogP contribution in [0.1, 0.15) is 0 Å². The summed E-state index contributed by atoms with van der Waals surface area (Å²) < 4.78 is 69.6. The van der Waals surface area contributed by atoms with Crippen molar-refractivity contribution in [3.63, 3.8) is 0 Å². The molecule has 0 unspecified atom stereocenters. The number of nitrogens with zero attached hydrogens (tertiary/aromatic N) is 1. The molecule has 0 fully saturated rings. The first kappa shape index (κ1) is 22.0. The van der Waals surface area contributed by atoms with Gasteiger partial charge in [-0.1, -0.05) is 11.6 Å². The number of halogens is 6. The third kappa shape index (κ3) is 5.25. The van der Waals surface area contributed by atoms with Gasteiger partial charge in [-0.3, -0.25) is 4.79 Å². The van der Waals surface area contributed by atoms with Gasteiger partial charge in [0.2, 0.25) is 0 Å². The van der Waals surface area contributed by atoms with Gasteiger partial charge in [-0.25, -0.2) is 13.8 Å². The first-order chi connectivity index (χ1) is 14.2. The van der Waals surface area contributed by atoms with Gasteiger partial charge >= 0.3 is 12.1 Å². The smallest absolute Gasteiger partial charge is 0.471 e. The number of ether oxygens (including phenoxy) is 1. The number of hydrogen-bond donors (Lipinski definition) is 1. The number of carbonyl (C=O) groups is 1. The Hall–Kier alpha value is -2.72. The molecule has 4 nitrogen and oxygen atoms in total. The number of aromatic nitrogens is 1. The van der Waals surface area contributed by atoms with Crippen molar-refractivity contribution in [3.05, 3.63) is 59.1 Å². The number of fused-ring (bicyclic) bond motifs is 1. The predicted octanol–water partition coefficient (Wildman–Crippen LogP) is 5.67. The van der Waals surface area contributed by atoms with Gasteiger partial charge < -0.3 is 10.1 Å². The number of amides is 1. The van der Waals surface area contributed by atoms with E-state index in [0.717, 1.165) is 4.70 Å². The Bertz CT molecular complexity index is 1110. The highest BCUT2D eigenvalue weighted by Gasteiger charge is 2.38. The monoisotopic (exact) mass is 462 g/mol. The zero-order valence-electron chi connectivity index (χ0n) is 14.9. The lowest BCUT2D eigenvalue weighted by Gasteiger charge is -2.12. The summed E-state index contributed by atoms with van der Waals surface area (Å²) in [7, 11) is 0. The van der Waals surface area contributed by atoms with Gasteiger partial charge in [0.25, 0.3) is 0 Å². The summed E-state index contributed by atoms with van der Waals surface area (Å²) in [4.78, 5) is 15.2. The summed E-state index contributed by atoms with van der Waals surface area (Å²) in [5.74, 6) is -3.21. The SMILES string of the molecule is O=C(NCC(=CF)COc1ccc(-c2nc3ccc(Cl)cc3s2)cc1F)C(F)(F)F. The van der Waals surface area contributed by atoms with Gasteiger partial charge in [0.15, 0.2) is 11.6 Å². The number of benzene rings is 2. The van der Waals surface area contributed by atoms with Crippen molar-refractivity contribution in [2.24, 2.45) is 0 Å². The second kappa shape index (κ2) is 8.97. The van der Waals surface area contributed by atoms with Gasteiger partial charge in [-0.05, 0) is 36.4 Å². The molecule has 3 aromatic rings. The van der Waals surface area contributed by atoms with E-state index in [1.54, 1.807) is 24.3 Å². The van der Waals surface area contributed by atoms with Crippen LogP contribution in [-0.4, -0.2) is 30.2 Å². The van der Waals surface area contributed by atoms with Crippen LogP contribution in [0.25, 0.3) is 20.8 Å². The first-order valence-corrected chi connectivity index (χ1v) is 9.49. The van der Waals surface area contributed by atoms with Crippen LogP contribution in [0, 0.1) is 5.82 Å². The summed E-state index contributed by atoms with van der Waals surface area (Å²) in [6, 6.07) is 9.20. The Labute approximate surface area is 175 Å². The fraction of sp³-hybridized carbons (Fsp3) is 0.158. The fourth-order valence-electron chi connectivity index (χ4n) is 2.36. The third-order valence-electron chi connectivity index (χ3n) is 3.83. The molecule has 1 heterocycles. The number of rotatable bonds is 6. The Morgan fingerprint density at radius 3 is 2.67 bits per heavy atom. The average Bonchev–Trinajstić information content (AvgIpc) is 3.11. The van der Waals surface area contributed by atoms with E-state index in [2.05, 4.69) is 4.98 Å². The van der Waals surface area contributed by atoms with E-state index in [0.29, 0.717) is 21.1 Å². The summed E-state index contributed by atoms with van der Waals surface area (Å²) >= 11 is 7.26. The zero-order chi connectivity index (χ0) is 21.9. The molecular weight excluding hydrogens is 451 g/mol. The molecule has 0 spiro atoms. The highest BCUT2D eigenvalue weighted by Crippen LogP contribution is 2.33. The van der Waals surface area contributed by atoms with Gasteiger partial charge in [-0.15, -0.1) is 11.3 Å². The van der Waals surface area contributed by atoms with Crippen molar-refractivity contribution in [1.29, 1.82) is 0 Å². The molecule has 0 aliphatic carbocycles. The number of thiazole rings is 1. The van der Waals surface area contributed by atoms with Gasteiger partial charge in [-0.2, -0.15) is 13.2 Å². The highest BCUT2D eigenvalue weighted by atomic mass is 35.5. The van der Waals surface area contributed by atoms with Crippen molar-refractivity contribution in [3.8, 4) is 16.3 Å². The van der Waals surface area contributed by atoms with E-state index in [1.807, 2.05) is 0 Å². The molecule has 1 amide bonds. The highest BCUT2D eigenvalue weighted by molar-refractivity contribution is 7.21. The molecule has 0 saturated carbocycles. The van der Waals surface area contributed by atoms with Crippen LogP contribution in [0.15, 0.2) is 48.3 Å². The summed E-state index contributed by atoms with van der Waals surface area (Å²) in [6.07, 6.45) is -5.09. The molecule has 1 aromatic heterocycles. The number of nitrogens with one attached hydrogen (secondary N) is 1. The van der Waals surface area contributed by atoms with Crippen LogP contribution >= 0.6 is 22.9 Å². The molecule has 0 bridgehead atoms. The third-order valence-corrected chi connectivity index (χ3v) is 5.13. The van der Waals surface area contributed by atoms with Gasteiger partial charge in [0.05, 0.1) is 16.5 Å². The Balaban J connectivity index is 1.67. The number of carbonyl (C=O) groups excluding carboxylic acids is 1. The lowest BCUT2D eigenvalue weighted by atomic mass is 10.2. The van der Waals surface area contributed by atoms with E-state index < -0.39 is 31.1 Å². The molecule has 30 heavy (non-hydrogen) atoms. The Kier molecular flexibility index (Phi) is 6.57. The van der Waals surface area contributed by atoms with Crippen LogP contribution in [0.4, 0.5) is 22.0 Å². The Morgan fingerprint density at radius 1 is 1.23 bits per heavy atom. The van der Waals surface area contributed by atoms with Crippen molar-refractivity contribution >= 4 is 39.1 Å². The molecule has 3 rings (SSSR count). The molecule has 2 aromatic carbocycles. The molecule has 0 aliphatic heterocycles. The second-order valence-electron chi connectivity index (χ2n) is 6.01. The first-order valence-electron chi connectivity index (χ1n) is 8.29. The molecule has 0 saturated heterocycles. The van der Waals surface area contributed by atoms with Gasteiger partial charge in [0, 0.05) is 22.7 Å². The average molecular weight is 463 g/mol. The minimum Gasteiger partial charge on any atom is -0.486 e. The van der Waals surface area contributed by atoms with E-state index in [4.69, 9.17) is 16.3 Å².